The molecule has 1 saturated heterocycles. The first-order valence-corrected chi connectivity index (χ1v) is 15.1. The van der Waals surface area contributed by atoms with Crippen molar-refractivity contribution in [2.45, 2.75) is 98.9 Å². The molecule has 44 heavy (non-hydrogen) atoms. The van der Waals surface area contributed by atoms with Crippen molar-refractivity contribution in [2.75, 3.05) is 19.7 Å². The molecule has 0 bridgehead atoms. The van der Waals surface area contributed by atoms with Crippen molar-refractivity contribution < 1.29 is 38.2 Å². The summed E-state index contributed by atoms with van der Waals surface area (Å²) in [6.07, 6.45) is 3.82. The Labute approximate surface area is 260 Å². The molecule has 0 aromatic rings. The van der Waals surface area contributed by atoms with Crippen molar-refractivity contribution in [2.24, 2.45) is 22.7 Å². The van der Waals surface area contributed by atoms with Gasteiger partial charge in [-0.15, -0.1) is 6.58 Å². The third kappa shape index (κ3) is 9.40. The van der Waals surface area contributed by atoms with Crippen LogP contribution in [0.5, 0.6) is 0 Å². The van der Waals surface area contributed by atoms with Gasteiger partial charge in [0, 0.05) is 19.2 Å². The first kappa shape index (κ1) is 36.5. The van der Waals surface area contributed by atoms with Crippen LogP contribution in [0.4, 0.5) is 4.79 Å². The van der Waals surface area contributed by atoms with Crippen molar-refractivity contribution in [1.82, 2.24) is 20.9 Å². The van der Waals surface area contributed by atoms with Crippen LogP contribution < -0.4 is 16.0 Å². The van der Waals surface area contributed by atoms with E-state index in [0.717, 1.165) is 6.08 Å². The van der Waals surface area contributed by atoms with E-state index in [1.54, 1.807) is 33.8 Å². The number of carbonyl (C=O) groups excluding carboxylic acids is 6. The number of esters is 1. The van der Waals surface area contributed by atoms with Crippen molar-refractivity contribution in [3.63, 3.8) is 0 Å². The third-order valence-corrected chi connectivity index (χ3v) is 7.97. The number of fused-ring (bicyclic) bond motifs is 1. The molecule has 246 valence electrons. The monoisotopic (exact) mass is 618 g/mol. The van der Waals surface area contributed by atoms with Crippen LogP contribution in [0.15, 0.2) is 24.8 Å². The van der Waals surface area contributed by atoms with E-state index in [0.29, 0.717) is 13.0 Å². The maximum Gasteiger partial charge on any atom is 0.408 e. The number of ketones is 1. The van der Waals surface area contributed by atoms with Gasteiger partial charge in [0.1, 0.15) is 17.7 Å². The van der Waals surface area contributed by atoms with Crippen LogP contribution in [0.3, 0.4) is 0 Å². The highest BCUT2D eigenvalue weighted by Crippen LogP contribution is 2.65. The topological polar surface area (TPSA) is 160 Å². The molecule has 2 fully saturated rings. The van der Waals surface area contributed by atoms with Gasteiger partial charge in [-0.2, -0.15) is 0 Å². The quantitative estimate of drug-likeness (QED) is 0.123. The van der Waals surface area contributed by atoms with Gasteiger partial charge in [-0.3, -0.25) is 19.2 Å². The average Bonchev–Trinajstić information content (AvgIpc) is 3.21. The highest BCUT2D eigenvalue weighted by Gasteiger charge is 2.70. The van der Waals surface area contributed by atoms with Crippen molar-refractivity contribution >= 4 is 35.6 Å². The zero-order valence-corrected chi connectivity index (χ0v) is 27.6. The second-order valence-electron chi connectivity index (χ2n) is 14.0. The molecule has 0 aromatic heterocycles. The predicted molar refractivity (Wildman–Crippen MR) is 164 cm³/mol. The Balaban J connectivity index is 2.25. The Hall–Kier alpha value is -3.70. The van der Waals surface area contributed by atoms with Crippen molar-refractivity contribution in [3.05, 3.63) is 24.8 Å². The molecule has 4 amide bonds. The number of Topliss-reactive ketones (excluding diaryl/α,β-unsaturated/α-hetero) is 1. The number of nitrogens with zero attached hydrogens (tertiary/aromatic N) is 1. The van der Waals surface area contributed by atoms with Crippen LogP contribution >= 0.6 is 0 Å². The molecule has 1 aliphatic heterocycles. The Kier molecular flexibility index (Phi) is 11.9. The Morgan fingerprint density at radius 2 is 1.68 bits per heavy atom. The van der Waals surface area contributed by atoms with Gasteiger partial charge in [0.2, 0.25) is 17.6 Å². The van der Waals surface area contributed by atoms with E-state index < -0.39 is 64.7 Å². The Morgan fingerprint density at radius 1 is 1.05 bits per heavy atom. The van der Waals surface area contributed by atoms with E-state index in [-0.39, 0.29) is 36.8 Å². The summed E-state index contributed by atoms with van der Waals surface area (Å²) in [5.74, 6) is -3.43. The minimum absolute atomic E-state index is 0.0566. The van der Waals surface area contributed by atoms with Crippen LogP contribution in [0.2, 0.25) is 0 Å². The first-order chi connectivity index (χ1) is 20.3. The lowest BCUT2D eigenvalue weighted by Gasteiger charge is -2.38. The van der Waals surface area contributed by atoms with Gasteiger partial charge in [-0.1, -0.05) is 46.8 Å². The summed E-state index contributed by atoms with van der Waals surface area (Å²) in [4.78, 5) is 79.3. The number of hydrogen-bond acceptors (Lipinski definition) is 8. The molecule has 3 N–H and O–H groups in total. The summed E-state index contributed by atoms with van der Waals surface area (Å²) in [6, 6.07) is -3.05. The van der Waals surface area contributed by atoms with Gasteiger partial charge in [0.15, 0.2) is 0 Å². The maximum absolute atomic E-state index is 14.0. The number of hydrogen-bond donors (Lipinski definition) is 3. The lowest BCUT2D eigenvalue weighted by Crippen LogP contribution is -2.60. The lowest BCUT2D eigenvalue weighted by molar-refractivity contribution is -0.145. The smallest absolute Gasteiger partial charge is 0.408 e. The molecule has 0 aromatic carbocycles. The van der Waals surface area contributed by atoms with Crippen LogP contribution in [0.1, 0.15) is 75.2 Å². The molecule has 2 rings (SSSR count). The minimum atomic E-state index is -1.16. The standard InChI is InChI=1S/C32H50N4O8/c1-11-13-15-20(24(38)27(40)33-17-14-16-21(37)43-12-2)34-26(39)23-22-19(32(22,9)10)18-36(23)28(41)25(30(3,4)5)35-29(42)44-31(6,7)8/h11,14,16,19-20,22-23,25H,1,12-13,15,17-18H2,2-10H3,(H,33,40)(H,34,39)(H,35,42)/t19?,20?,22?,23-,25+/m0/s1. The maximum atomic E-state index is 14.0. The van der Waals surface area contributed by atoms with Gasteiger partial charge in [0.25, 0.3) is 5.91 Å². The number of ether oxygens (including phenoxy) is 2. The van der Waals surface area contributed by atoms with E-state index >= 15 is 0 Å². The van der Waals surface area contributed by atoms with E-state index in [1.807, 2.05) is 34.6 Å². The number of piperidine rings is 1. The molecule has 1 aliphatic carbocycles. The van der Waals surface area contributed by atoms with E-state index in [2.05, 4.69) is 22.5 Å². The number of likely N-dealkylation sites (tertiary alicyclic amines) is 1. The zero-order chi connectivity index (χ0) is 33.6. The van der Waals surface area contributed by atoms with Crippen molar-refractivity contribution in [1.29, 1.82) is 0 Å². The van der Waals surface area contributed by atoms with Gasteiger partial charge in [0.05, 0.1) is 12.6 Å². The molecule has 12 heteroatoms. The SMILES string of the molecule is C=CCCC(NC(=O)[C@@H]1C2C(CN1C(=O)[C@@H](NC(=O)OC(C)(C)C)C(C)(C)C)C2(C)C)C(=O)C(=O)NCC=CC(=O)OCC. The summed E-state index contributed by atoms with van der Waals surface area (Å²) in [6.45, 7) is 20.4. The highest BCUT2D eigenvalue weighted by atomic mass is 16.6. The number of rotatable bonds is 13. The fourth-order valence-corrected chi connectivity index (χ4v) is 5.61. The Bertz CT molecular complexity index is 1160. The second kappa shape index (κ2) is 14.4. The van der Waals surface area contributed by atoms with Gasteiger partial charge >= 0.3 is 12.1 Å². The second-order valence-corrected chi connectivity index (χ2v) is 14.0. The number of alkyl carbamates (subject to hydrolysis) is 1. The normalized spacial score (nSPS) is 21.8. The molecule has 1 saturated carbocycles. The molecule has 3 unspecified atom stereocenters. The molecule has 0 radical (unpaired) electrons. The van der Waals surface area contributed by atoms with E-state index in [1.165, 1.54) is 11.0 Å². The van der Waals surface area contributed by atoms with Gasteiger partial charge in [-0.05, 0) is 63.2 Å². The number of carbonyl (C=O) groups is 6. The van der Waals surface area contributed by atoms with E-state index in [4.69, 9.17) is 9.47 Å². The number of allylic oxidation sites excluding steroid dienone is 1. The summed E-state index contributed by atoms with van der Waals surface area (Å²) in [5, 5.41) is 7.86. The van der Waals surface area contributed by atoms with Crippen LogP contribution in [-0.4, -0.2) is 83.9 Å². The summed E-state index contributed by atoms with van der Waals surface area (Å²) in [5.41, 5.74) is -1.69. The molecule has 12 nitrogen and oxygen atoms in total. The van der Waals surface area contributed by atoms with Crippen LogP contribution in [0, 0.1) is 22.7 Å². The van der Waals surface area contributed by atoms with Crippen molar-refractivity contribution in [3.8, 4) is 0 Å². The fraction of sp³-hybridized carbons (Fsp3) is 0.688. The Morgan fingerprint density at radius 3 is 2.23 bits per heavy atom. The van der Waals surface area contributed by atoms with E-state index in [9.17, 15) is 28.8 Å². The zero-order valence-electron chi connectivity index (χ0n) is 27.6. The number of nitrogens with one attached hydrogen (secondary N) is 3. The average molecular weight is 619 g/mol. The molecule has 0 spiro atoms. The van der Waals surface area contributed by atoms with Crippen LogP contribution in [-0.2, 0) is 33.4 Å². The molecule has 2 aliphatic rings. The summed E-state index contributed by atoms with van der Waals surface area (Å²) < 4.78 is 10.2. The van der Waals surface area contributed by atoms with Gasteiger partial charge in [-0.25, -0.2) is 9.59 Å². The van der Waals surface area contributed by atoms with Gasteiger partial charge < -0.3 is 30.3 Å². The number of amides is 4. The summed E-state index contributed by atoms with van der Waals surface area (Å²) in [7, 11) is 0. The largest absolute Gasteiger partial charge is 0.463 e. The van der Waals surface area contributed by atoms with Crippen LogP contribution in [0.25, 0.3) is 0 Å². The first-order valence-electron chi connectivity index (χ1n) is 15.1. The molecular weight excluding hydrogens is 568 g/mol. The predicted octanol–water partition coefficient (Wildman–Crippen LogP) is 2.66. The minimum Gasteiger partial charge on any atom is -0.463 e. The fourth-order valence-electron chi connectivity index (χ4n) is 5.61. The third-order valence-electron chi connectivity index (χ3n) is 7.97. The lowest BCUT2D eigenvalue weighted by atomic mass is 9.85. The molecule has 5 atom stereocenters. The summed E-state index contributed by atoms with van der Waals surface area (Å²) >= 11 is 0. The molecular formula is C32H50N4O8. The molecule has 1 heterocycles. The highest BCUT2D eigenvalue weighted by molar-refractivity contribution is 6.38.